The third-order valence-electron chi connectivity index (χ3n) is 6.25. The van der Waals surface area contributed by atoms with Crippen LogP contribution >= 0.6 is 11.3 Å². The summed E-state index contributed by atoms with van der Waals surface area (Å²) in [5.41, 5.74) is 3.00. The van der Waals surface area contributed by atoms with E-state index < -0.39 is 11.0 Å². The lowest BCUT2D eigenvalue weighted by Crippen LogP contribution is -2.43. The van der Waals surface area contributed by atoms with Gasteiger partial charge in [-0.2, -0.15) is 0 Å². The molecule has 0 aliphatic carbocycles. The molecule has 1 unspecified atom stereocenters. The Bertz CT molecular complexity index is 1570. The van der Waals surface area contributed by atoms with Gasteiger partial charge in [-0.25, -0.2) is 32.2 Å². The Balaban J connectivity index is 1.26. The first kappa shape index (κ1) is 23.8. The predicted molar refractivity (Wildman–Crippen MR) is 141 cm³/mol. The minimum absolute atomic E-state index is 0.00317. The number of hydrogen-bond donors (Lipinski definition) is 1. The van der Waals surface area contributed by atoms with Crippen LogP contribution in [0.4, 0.5) is 14.7 Å². The van der Waals surface area contributed by atoms with Crippen LogP contribution in [0.1, 0.15) is 12.8 Å². The number of aromatic nitrogens is 4. The highest BCUT2D eigenvalue weighted by atomic mass is 32.2. The fourth-order valence-corrected chi connectivity index (χ4v) is 6.48. The number of halogens is 2. The zero-order valence-electron chi connectivity index (χ0n) is 19.6. The first-order valence-corrected chi connectivity index (χ1v) is 13.8. The highest BCUT2D eigenvalue weighted by Gasteiger charge is 2.26. The van der Waals surface area contributed by atoms with Crippen molar-refractivity contribution in [2.45, 2.75) is 23.8 Å². The van der Waals surface area contributed by atoms with Crippen molar-refractivity contribution >= 4 is 33.2 Å². The van der Waals surface area contributed by atoms with Crippen LogP contribution in [-0.4, -0.2) is 47.0 Å². The lowest BCUT2D eigenvalue weighted by Gasteiger charge is -2.32. The number of anilines is 1. The number of thiazole rings is 1. The second kappa shape index (κ2) is 10.1. The molecule has 2 aromatic carbocycles. The second-order valence-electron chi connectivity index (χ2n) is 8.71. The number of nitrogens with zero attached hydrogens (tertiary/aromatic N) is 5. The fraction of sp³-hybridized carbons (Fsp3) is 0.192. The minimum Gasteiger partial charge on any atom is -0.350 e. The van der Waals surface area contributed by atoms with Crippen molar-refractivity contribution in [3.8, 4) is 22.6 Å². The molecule has 37 heavy (non-hydrogen) atoms. The van der Waals surface area contributed by atoms with Crippen molar-refractivity contribution < 1.29 is 13.0 Å². The first-order valence-electron chi connectivity index (χ1n) is 11.8. The molecule has 0 bridgehead atoms. The average Bonchev–Trinajstić information content (AvgIpc) is 3.51. The van der Waals surface area contributed by atoms with Gasteiger partial charge in [0.1, 0.15) is 28.3 Å². The number of rotatable bonds is 6. The number of benzene rings is 2. The standard InChI is InChI=1S/C26H22F2N6OS2/c27-18-5-3-17(4-6-18)23-24(34-14-15-36-26(34)32-23)22-11-12-29-25(31-22)30-20-2-1-13-33(16-20)37(35)21-9-7-19(28)8-10-21/h3-12,14-15,20H,1-2,13,16H2,(H,29,30,31)/t20-,37?/m1/s1. The smallest absolute Gasteiger partial charge is 0.223 e. The molecule has 11 heteroatoms. The summed E-state index contributed by atoms with van der Waals surface area (Å²) < 4.78 is 43.7. The molecule has 0 spiro atoms. The average molecular weight is 537 g/mol. The molecule has 1 N–H and O–H groups in total. The Morgan fingerprint density at radius 1 is 1.00 bits per heavy atom. The van der Waals surface area contributed by atoms with E-state index in [2.05, 4.69) is 10.3 Å². The van der Waals surface area contributed by atoms with Crippen LogP contribution in [0.2, 0.25) is 0 Å². The van der Waals surface area contributed by atoms with Gasteiger partial charge in [-0.05, 0) is 67.4 Å². The lowest BCUT2D eigenvalue weighted by atomic mass is 10.1. The third-order valence-corrected chi connectivity index (χ3v) is 8.48. The van der Waals surface area contributed by atoms with E-state index in [4.69, 9.17) is 9.97 Å². The van der Waals surface area contributed by atoms with E-state index >= 15 is 0 Å². The highest BCUT2D eigenvalue weighted by Crippen LogP contribution is 2.34. The predicted octanol–water partition coefficient (Wildman–Crippen LogP) is 5.40. The van der Waals surface area contributed by atoms with Gasteiger partial charge < -0.3 is 5.32 Å². The van der Waals surface area contributed by atoms with E-state index in [0.717, 1.165) is 34.8 Å². The van der Waals surface area contributed by atoms with Crippen LogP contribution in [0.3, 0.4) is 0 Å². The maximum atomic E-state index is 13.5. The molecule has 1 aliphatic rings. The van der Waals surface area contributed by atoms with Crippen molar-refractivity contribution in [1.82, 2.24) is 23.7 Å². The van der Waals surface area contributed by atoms with Crippen molar-refractivity contribution in [2.24, 2.45) is 0 Å². The molecule has 188 valence electrons. The first-order chi connectivity index (χ1) is 18.0. The van der Waals surface area contributed by atoms with Gasteiger partial charge in [0.05, 0.1) is 16.3 Å². The summed E-state index contributed by atoms with van der Waals surface area (Å²) >= 11 is 1.51. The topological polar surface area (TPSA) is 75.4 Å². The number of imidazole rings is 1. The van der Waals surface area contributed by atoms with Crippen molar-refractivity contribution in [3.63, 3.8) is 0 Å². The van der Waals surface area contributed by atoms with Crippen molar-refractivity contribution in [2.75, 3.05) is 18.4 Å². The Morgan fingerprint density at radius 3 is 2.54 bits per heavy atom. The molecule has 1 saturated heterocycles. The van der Waals surface area contributed by atoms with Gasteiger partial charge in [0.2, 0.25) is 5.95 Å². The van der Waals surface area contributed by atoms with Crippen LogP contribution in [0.5, 0.6) is 0 Å². The van der Waals surface area contributed by atoms with Gasteiger partial charge in [-0.15, -0.1) is 11.3 Å². The van der Waals surface area contributed by atoms with Gasteiger partial charge >= 0.3 is 0 Å². The molecule has 7 nitrogen and oxygen atoms in total. The maximum absolute atomic E-state index is 13.5. The Morgan fingerprint density at radius 2 is 1.76 bits per heavy atom. The largest absolute Gasteiger partial charge is 0.350 e. The van der Waals surface area contributed by atoms with Crippen LogP contribution < -0.4 is 5.32 Å². The Kier molecular flexibility index (Phi) is 6.49. The molecule has 6 rings (SSSR count). The van der Waals surface area contributed by atoms with Crippen LogP contribution in [0, 0.1) is 11.6 Å². The summed E-state index contributed by atoms with van der Waals surface area (Å²) in [5.74, 6) is -0.189. The normalized spacial score (nSPS) is 17.2. The molecule has 0 amide bonds. The van der Waals surface area contributed by atoms with Crippen molar-refractivity contribution in [1.29, 1.82) is 0 Å². The minimum atomic E-state index is -1.37. The van der Waals surface area contributed by atoms with E-state index in [9.17, 15) is 13.0 Å². The van der Waals surface area contributed by atoms with Gasteiger partial charge in [0, 0.05) is 42.5 Å². The quantitative estimate of drug-likeness (QED) is 0.315. The molecule has 2 atom stereocenters. The third kappa shape index (κ3) is 4.89. The molecule has 5 aromatic rings. The summed E-state index contributed by atoms with van der Waals surface area (Å²) in [6, 6.07) is 13.9. The number of hydrogen-bond acceptors (Lipinski definition) is 6. The SMILES string of the molecule is O=S(c1ccc(F)cc1)N1CCC[C@@H](Nc2nccc(-c3c(-c4ccc(F)cc4)nc4sccn34)n2)C1. The van der Waals surface area contributed by atoms with Crippen LogP contribution in [-0.2, 0) is 11.0 Å². The number of nitrogens with one attached hydrogen (secondary N) is 1. The summed E-state index contributed by atoms with van der Waals surface area (Å²) in [4.78, 5) is 15.4. The van der Waals surface area contributed by atoms with Gasteiger partial charge in [0.25, 0.3) is 0 Å². The summed E-state index contributed by atoms with van der Waals surface area (Å²) in [7, 11) is -1.37. The zero-order chi connectivity index (χ0) is 25.4. The van der Waals surface area contributed by atoms with Gasteiger partial charge in [-0.1, -0.05) is 0 Å². The summed E-state index contributed by atoms with van der Waals surface area (Å²) in [6.07, 6.45) is 5.38. The number of fused-ring (bicyclic) bond motifs is 1. The van der Waals surface area contributed by atoms with Crippen molar-refractivity contribution in [3.05, 3.63) is 84.0 Å². The summed E-state index contributed by atoms with van der Waals surface area (Å²) in [5, 5.41) is 5.36. The van der Waals surface area contributed by atoms with E-state index in [1.807, 2.05) is 26.3 Å². The highest BCUT2D eigenvalue weighted by molar-refractivity contribution is 7.82. The Labute approximate surface area is 218 Å². The molecule has 0 saturated carbocycles. The zero-order valence-corrected chi connectivity index (χ0v) is 21.2. The van der Waals surface area contributed by atoms with E-state index in [1.165, 1.54) is 35.6 Å². The van der Waals surface area contributed by atoms with Crippen LogP contribution in [0.25, 0.3) is 27.6 Å². The number of piperidine rings is 1. The maximum Gasteiger partial charge on any atom is 0.223 e. The molecule has 4 heterocycles. The Hall–Kier alpha value is -3.54. The summed E-state index contributed by atoms with van der Waals surface area (Å²) in [6.45, 7) is 1.23. The molecular weight excluding hydrogens is 514 g/mol. The molecule has 1 aliphatic heterocycles. The van der Waals surface area contributed by atoms with Gasteiger partial charge in [0.15, 0.2) is 4.96 Å². The molecule has 1 fully saturated rings. The van der Waals surface area contributed by atoms with Gasteiger partial charge in [-0.3, -0.25) is 4.40 Å². The molecule has 0 radical (unpaired) electrons. The monoisotopic (exact) mass is 536 g/mol. The molecular formula is C26H22F2N6OS2. The van der Waals surface area contributed by atoms with E-state index in [1.54, 1.807) is 30.5 Å². The van der Waals surface area contributed by atoms with Crippen LogP contribution in [0.15, 0.2) is 77.3 Å². The second-order valence-corrected chi connectivity index (χ2v) is 11.1. The lowest BCUT2D eigenvalue weighted by molar-refractivity contribution is 0.342. The fourth-order valence-electron chi connectivity index (χ4n) is 4.49. The van der Waals surface area contributed by atoms with E-state index in [0.29, 0.717) is 29.6 Å². The molecule has 3 aromatic heterocycles. The van der Waals surface area contributed by atoms with E-state index in [-0.39, 0.29) is 17.7 Å².